The normalized spacial score (nSPS) is 21.1. The molecular formula is C16H22N4. The summed E-state index contributed by atoms with van der Waals surface area (Å²) in [6.07, 6.45) is 3.03. The highest BCUT2D eigenvalue weighted by molar-refractivity contribution is 5.98. The molecule has 1 atom stereocenters. The van der Waals surface area contributed by atoms with Crippen molar-refractivity contribution < 1.29 is 0 Å². The van der Waals surface area contributed by atoms with Gasteiger partial charge in [-0.2, -0.15) is 0 Å². The zero-order valence-electron chi connectivity index (χ0n) is 12.2. The number of benzene rings is 1. The Kier molecular flexibility index (Phi) is 3.49. The Morgan fingerprint density at radius 2 is 2.10 bits per heavy atom. The molecule has 4 heteroatoms. The van der Waals surface area contributed by atoms with Crippen LogP contribution in [-0.2, 0) is 0 Å². The van der Waals surface area contributed by atoms with Crippen molar-refractivity contribution in [1.29, 1.82) is 0 Å². The number of aromatic nitrogens is 1. The quantitative estimate of drug-likeness (QED) is 0.808. The Morgan fingerprint density at radius 1 is 1.25 bits per heavy atom. The van der Waals surface area contributed by atoms with Crippen molar-refractivity contribution in [3.8, 4) is 0 Å². The van der Waals surface area contributed by atoms with Crippen molar-refractivity contribution in [3.63, 3.8) is 0 Å². The van der Waals surface area contributed by atoms with Gasteiger partial charge in [-0.05, 0) is 51.2 Å². The minimum atomic E-state index is 0.483. The molecule has 20 heavy (non-hydrogen) atoms. The summed E-state index contributed by atoms with van der Waals surface area (Å²) < 4.78 is 0. The van der Waals surface area contributed by atoms with Crippen molar-refractivity contribution >= 4 is 22.3 Å². The fraction of sp³-hybridized carbons (Fsp3) is 0.438. The molecule has 2 N–H and O–H groups in total. The summed E-state index contributed by atoms with van der Waals surface area (Å²) in [5.74, 6) is 0. The average molecular weight is 270 g/mol. The van der Waals surface area contributed by atoms with E-state index in [-0.39, 0.29) is 0 Å². The van der Waals surface area contributed by atoms with Gasteiger partial charge in [0.2, 0.25) is 0 Å². The van der Waals surface area contributed by atoms with Crippen LogP contribution in [0.3, 0.4) is 0 Å². The first kappa shape index (κ1) is 13.2. The number of nitrogen functional groups attached to an aromatic ring is 1. The van der Waals surface area contributed by atoms with Gasteiger partial charge in [-0.25, -0.2) is 0 Å². The summed E-state index contributed by atoms with van der Waals surface area (Å²) in [4.78, 5) is 9.44. The van der Waals surface area contributed by atoms with E-state index in [9.17, 15) is 0 Å². The number of hydrogen-bond donors (Lipinski definition) is 1. The number of nitrogens with two attached hydrogens (primary N) is 1. The predicted octanol–water partition coefficient (Wildman–Crippen LogP) is 2.35. The van der Waals surface area contributed by atoms with Gasteiger partial charge in [0.15, 0.2) is 0 Å². The molecule has 0 amide bonds. The van der Waals surface area contributed by atoms with Crippen molar-refractivity contribution in [2.24, 2.45) is 0 Å². The first-order valence-electron chi connectivity index (χ1n) is 7.25. The van der Waals surface area contributed by atoms with E-state index in [4.69, 9.17) is 5.73 Å². The zero-order chi connectivity index (χ0) is 14.1. The second-order valence-electron chi connectivity index (χ2n) is 5.73. The fourth-order valence-corrected chi connectivity index (χ4v) is 3.14. The molecule has 1 aliphatic rings. The molecule has 3 rings (SSSR count). The third-order valence-electron chi connectivity index (χ3n) is 4.14. The van der Waals surface area contributed by atoms with Gasteiger partial charge in [-0.1, -0.05) is 0 Å². The SMILES string of the molecule is CC1CN(C)CCCN1c1ccc(N)c2cccnc12. The van der Waals surface area contributed by atoms with E-state index >= 15 is 0 Å². The summed E-state index contributed by atoms with van der Waals surface area (Å²) in [6, 6.07) is 8.60. The van der Waals surface area contributed by atoms with Crippen LogP contribution in [0.15, 0.2) is 30.5 Å². The van der Waals surface area contributed by atoms with E-state index in [1.807, 2.05) is 18.3 Å². The lowest BCUT2D eigenvalue weighted by atomic mass is 10.1. The number of pyridine rings is 1. The lowest BCUT2D eigenvalue weighted by Crippen LogP contribution is -2.38. The topological polar surface area (TPSA) is 45.4 Å². The number of hydrogen-bond acceptors (Lipinski definition) is 4. The zero-order valence-corrected chi connectivity index (χ0v) is 12.2. The molecule has 0 radical (unpaired) electrons. The minimum absolute atomic E-state index is 0.483. The molecule has 2 aromatic rings. The maximum atomic E-state index is 6.08. The Bertz CT molecular complexity index is 610. The standard InChI is InChI=1S/C16H22N4/c1-12-11-19(2)9-4-10-20(12)15-7-6-14(17)13-5-3-8-18-16(13)15/h3,5-8,12H,4,9-11,17H2,1-2H3. The Hall–Kier alpha value is -1.81. The number of likely N-dealkylation sites (N-methyl/N-ethyl adjacent to an activating group) is 1. The van der Waals surface area contributed by atoms with Gasteiger partial charge < -0.3 is 15.5 Å². The molecule has 0 aliphatic carbocycles. The van der Waals surface area contributed by atoms with Gasteiger partial charge in [0.1, 0.15) is 0 Å². The highest BCUT2D eigenvalue weighted by Gasteiger charge is 2.22. The summed E-state index contributed by atoms with van der Waals surface area (Å²) in [5, 5.41) is 1.05. The highest BCUT2D eigenvalue weighted by atomic mass is 15.2. The minimum Gasteiger partial charge on any atom is -0.398 e. The van der Waals surface area contributed by atoms with Crippen LogP contribution in [0.1, 0.15) is 13.3 Å². The van der Waals surface area contributed by atoms with Crippen LogP contribution < -0.4 is 10.6 Å². The molecule has 1 unspecified atom stereocenters. The van der Waals surface area contributed by atoms with Crippen LogP contribution in [0.5, 0.6) is 0 Å². The fourth-order valence-electron chi connectivity index (χ4n) is 3.14. The van der Waals surface area contributed by atoms with Crippen LogP contribution in [-0.4, -0.2) is 42.6 Å². The molecule has 106 valence electrons. The lowest BCUT2D eigenvalue weighted by molar-refractivity contribution is 0.337. The molecule has 0 bridgehead atoms. The van der Waals surface area contributed by atoms with Gasteiger partial charge in [0, 0.05) is 36.4 Å². The summed E-state index contributed by atoms with van der Waals surface area (Å²) >= 11 is 0. The molecule has 4 nitrogen and oxygen atoms in total. The van der Waals surface area contributed by atoms with Gasteiger partial charge in [0.25, 0.3) is 0 Å². The number of rotatable bonds is 1. The maximum Gasteiger partial charge on any atom is 0.0956 e. The molecule has 1 fully saturated rings. The second-order valence-corrected chi connectivity index (χ2v) is 5.73. The lowest BCUT2D eigenvalue weighted by Gasteiger charge is -2.31. The first-order valence-corrected chi connectivity index (χ1v) is 7.25. The monoisotopic (exact) mass is 270 g/mol. The molecule has 1 aromatic heterocycles. The number of fused-ring (bicyclic) bond motifs is 1. The highest BCUT2D eigenvalue weighted by Crippen LogP contribution is 2.31. The predicted molar refractivity (Wildman–Crippen MR) is 85.1 cm³/mol. The molecule has 1 aliphatic heterocycles. The van der Waals surface area contributed by atoms with Crippen LogP contribution >= 0.6 is 0 Å². The molecule has 1 saturated heterocycles. The number of anilines is 2. The van der Waals surface area contributed by atoms with Crippen LogP contribution in [0.25, 0.3) is 10.9 Å². The summed E-state index contributed by atoms with van der Waals surface area (Å²) in [6.45, 7) is 5.59. The number of nitrogens with zero attached hydrogens (tertiary/aromatic N) is 3. The summed E-state index contributed by atoms with van der Waals surface area (Å²) in [5.41, 5.74) is 9.10. The molecule has 0 saturated carbocycles. The van der Waals surface area contributed by atoms with E-state index < -0.39 is 0 Å². The second kappa shape index (κ2) is 5.29. The van der Waals surface area contributed by atoms with Gasteiger partial charge in [-0.3, -0.25) is 4.98 Å². The van der Waals surface area contributed by atoms with Crippen LogP contribution in [0.2, 0.25) is 0 Å². The van der Waals surface area contributed by atoms with E-state index in [0.717, 1.165) is 36.2 Å². The summed E-state index contributed by atoms with van der Waals surface area (Å²) in [7, 11) is 2.19. The average Bonchev–Trinajstić information content (AvgIpc) is 2.61. The van der Waals surface area contributed by atoms with Gasteiger partial charge >= 0.3 is 0 Å². The molecule has 0 spiro atoms. The third kappa shape index (κ3) is 2.31. The molecule has 2 heterocycles. The van der Waals surface area contributed by atoms with Crippen molar-refractivity contribution in [2.75, 3.05) is 37.3 Å². The van der Waals surface area contributed by atoms with E-state index in [1.165, 1.54) is 12.1 Å². The Labute approximate surface area is 120 Å². The van der Waals surface area contributed by atoms with E-state index in [1.54, 1.807) is 0 Å². The van der Waals surface area contributed by atoms with Gasteiger partial charge in [-0.15, -0.1) is 0 Å². The van der Waals surface area contributed by atoms with E-state index in [0.29, 0.717) is 6.04 Å². The van der Waals surface area contributed by atoms with Crippen LogP contribution in [0.4, 0.5) is 11.4 Å². The Morgan fingerprint density at radius 3 is 2.95 bits per heavy atom. The van der Waals surface area contributed by atoms with Crippen LogP contribution in [0, 0.1) is 0 Å². The smallest absolute Gasteiger partial charge is 0.0956 e. The maximum absolute atomic E-state index is 6.08. The largest absolute Gasteiger partial charge is 0.398 e. The third-order valence-corrected chi connectivity index (χ3v) is 4.14. The van der Waals surface area contributed by atoms with Crippen molar-refractivity contribution in [3.05, 3.63) is 30.5 Å². The van der Waals surface area contributed by atoms with Crippen molar-refractivity contribution in [1.82, 2.24) is 9.88 Å². The Balaban J connectivity index is 2.07. The molecular weight excluding hydrogens is 248 g/mol. The van der Waals surface area contributed by atoms with Gasteiger partial charge in [0.05, 0.1) is 11.2 Å². The van der Waals surface area contributed by atoms with Crippen molar-refractivity contribution in [2.45, 2.75) is 19.4 Å². The van der Waals surface area contributed by atoms with E-state index in [2.05, 4.69) is 40.9 Å². The first-order chi connectivity index (χ1) is 9.66. The molecule has 1 aromatic carbocycles.